The van der Waals surface area contributed by atoms with Crippen LogP contribution in [0.25, 0.3) is 0 Å². The van der Waals surface area contributed by atoms with Crippen molar-refractivity contribution in [2.45, 2.75) is 26.2 Å². The molecule has 0 spiro atoms. The predicted molar refractivity (Wildman–Crippen MR) is 69.2 cm³/mol. The Labute approximate surface area is 110 Å². The maximum atomic E-state index is 10.9. The first-order valence-electron chi connectivity index (χ1n) is 5.44. The molecule has 0 unspecified atom stereocenters. The van der Waals surface area contributed by atoms with Gasteiger partial charge >= 0.3 is 0 Å². The smallest absolute Gasteiger partial charge is 0.153 e. The fraction of sp³-hybridized carbons (Fsp3) is 0.385. The number of aldehydes is 1. The highest BCUT2D eigenvalue weighted by Crippen LogP contribution is 2.26. The second kappa shape index (κ2) is 7.08. The van der Waals surface area contributed by atoms with E-state index in [1.807, 2.05) is 13.0 Å². The third kappa shape index (κ3) is 4.20. The number of hydrogen-bond donors (Lipinski definition) is 0. The van der Waals surface area contributed by atoms with Crippen molar-refractivity contribution < 1.29 is 9.53 Å². The summed E-state index contributed by atoms with van der Waals surface area (Å²) in [4.78, 5) is 10.9. The maximum absolute atomic E-state index is 10.9. The van der Waals surface area contributed by atoms with Gasteiger partial charge in [-0.25, -0.2) is 0 Å². The Kier molecular flexibility index (Phi) is 5.71. The molecule has 0 bridgehead atoms. The molecule has 0 aliphatic carbocycles. The monoisotopic (exact) mass is 295 g/mol. The number of ether oxygens (including phenoxy) is 1. The fourth-order valence-electron chi connectivity index (χ4n) is 1.38. The summed E-state index contributed by atoms with van der Waals surface area (Å²) in [5, 5.41) is 8.39. The van der Waals surface area contributed by atoms with Crippen LogP contribution < -0.4 is 4.74 Å². The quantitative estimate of drug-likeness (QED) is 0.595. The van der Waals surface area contributed by atoms with Crippen molar-refractivity contribution in [3.05, 3.63) is 27.7 Å². The van der Waals surface area contributed by atoms with E-state index in [0.29, 0.717) is 24.3 Å². The lowest BCUT2D eigenvalue weighted by molar-refractivity contribution is 0.111. The summed E-state index contributed by atoms with van der Waals surface area (Å²) >= 11 is 3.37. The number of carbonyl (C=O) groups is 1. The standard InChI is InChI=1S/C13H14BrNO2/c1-10-7-13(11(9-16)8-12(10)14)17-6-4-2-3-5-15/h7-9H,2-4,6H2,1H3. The number of aryl methyl sites for hydroxylation is 1. The van der Waals surface area contributed by atoms with Crippen molar-refractivity contribution >= 4 is 22.2 Å². The predicted octanol–water partition coefficient (Wildman–Crippen LogP) is 3.64. The zero-order valence-electron chi connectivity index (χ0n) is 9.70. The van der Waals surface area contributed by atoms with E-state index in [1.165, 1.54) is 0 Å². The highest BCUT2D eigenvalue weighted by atomic mass is 79.9. The van der Waals surface area contributed by atoms with Crippen LogP contribution >= 0.6 is 15.9 Å². The Morgan fingerprint density at radius 2 is 2.24 bits per heavy atom. The van der Waals surface area contributed by atoms with E-state index in [-0.39, 0.29) is 0 Å². The third-order valence-corrected chi connectivity index (χ3v) is 3.21. The minimum atomic E-state index is 0.531. The van der Waals surface area contributed by atoms with Gasteiger partial charge in [0, 0.05) is 10.9 Å². The van der Waals surface area contributed by atoms with Gasteiger partial charge in [-0.1, -0.05) is 15.9 Å². The highest BCUT2D eigenvalue weighted by Gasteiger charge is 2.06. The topological polar surface area (TPSA) is 50.1 Å². The van der Waals surface area contributed by atoms with Gasteiger partial charge in [0.2, 0.25) is 0 Å². The summed E-state index contributed by atoms with van der Waals surface area (Å²) in [6, 6.07) is 5.69. The molecule has 0 fully saturated rings. The molecule has 0 amide bonds. The Hall–Kier alpha value is -1.34. The molecular formula is C13H14BrNO2. The van der Waals surface area contributed by atoms with Gasteiger partial charge in [0.25, 0.3) is 0 Å². The highest BCUT2D eigenvalue weighted by molar-refractivity contribution is 9.10. The van der Waals surface area contributed by atoms with Gasteiger partial charge < -0.3 is 4.74 Å². The molecule has 0 aromatic heterocycles. The lowest BCUT2D eigenvalue weighted by Crippen LogP contribution is -2.00. The van der Waals surface area contributed by atoms with Gasteiger partial charge in [-0.05, 0) is 37.5 Å². The summed E-state index contributed by atoms with van der Waals surface area (Å²) in [6.45, 7) is 2.48. The minimum Gasteiger partial charge on any atom is -0.493 e. The first-order chi connectivity index (χ1) is 8.19. The Balaban J connectivity index is 2.61. The fourth-order valence-corrected chi connectivity index (χ4v) is 1.74. The second-order valence-corrected chi connectivity index (χ2v) is 4.58. The van der Waals surface area contributed by atoms with Crippen molar-refractivity contribution in [3.63, 3.8) is 0 Å². The average molecular weight is 296 g/mol. The maximum Gasteiger partial charge on any atom is 0.153 e. The van der Waals surface area contributed by atoms with E-state index < -0.39 is 0 Å². The molecule has 1 rings (SSSR count). The van der Waals surface area contributed by atoms with E-state index in [4.69, 9.17) is 10.00 Å². The number of unbranched alkanes of at least 4 members (excludes halogenated alkanes) is 2. The third-order valence-electron chi connectivity index (χ3n) is 2.36. The summed E-state index contributed by atoms with van der Waals surface area (Å²) in [6.07, 6.45) is 2.97. The van der Waals surface area contributed by atoms with E-state index in [0.717, 1.165) is 29.2 Å². The molecule has 90 valence electrons. The molecule has 0 saturated carbocycles. The summed E-state index contributed by atoms with van der Waals surface area (Å²) in [5.41, 5.74) is 1.57. The van der Waals surface area contributed by atoms with Crippen molar-refractivity contribution in [2.24, 2.45) is 0 Å². The Morgan fingerprint density at radius 1 is 1.47 bits per heavy atom. The van der Waals surface area contributed by atoms with Gasteiger partial charge in [0.15, 0.2) is 6.29 Å². The molecule has 0 heterocycles. The minimum absolute atomic E-state index is 0.531. The zero-order valence-corrected chi connectivity index (χ0v) is 11.3. The van der Waals surface area contributed by atoms with Crippen LogP contribution in [0.4, 0.5) is 0 Å². The molecule has 4 heteroatoms. The largest absolute Gasteiger partial charge is 0.493 e. The van der Waals surface area contributed by atoms with Gasteiger partial charge in [-0.2, -0.15) is 5.26 Å². The molecule has 0 aliphatic heterocycles. The molecule has 1 aromatic rings. The molecule has 0 aliphatic rings. The molecular weight excluding hydrogens is 282 g/mol. The number of nitrogens with zero attached hydrogens (tertiary/aromatic N) is 1. The van der Waals surface area contributed by atoms with Crippen LogP contribution in [0.2, 0.25) is 0 Å². The molecule has 0 saturated heterocycles. The van der Waals surface area contributed by atoms with E-state index in [2.05, 4.69) is 22.0 Å². The Morgan fingerprint density at radius 3 is 2.88 bits per heavy atom. The normalized spacial score (nSPS) is 9.71. The van der Waals surface area contributed by atoms with Crippen molar-refractivity contribution in [2.75, 3.05) is 6.61 Å². The number of halogens is 1. The van der Waals surface area contributed by atoms with E-state index in [1.54, 1.807) is 6.07 Å². The van der Waals surface area contributed by atoms with Crippen LogP contribution in [-0.2, 0) is 0 Å². The zero-order chi connectivity index (χ0) is 12.7. The summed E-state index contributed by atoms with van der Waals surface area (Å²) < 4.78 is 6.45. The average Bonchev–Trinajstić information content (AvgIpc) is 2.33. The van der Waals surface area contributed by atoms with Crippen molar-refractivity contribution in [1.29, 1.82) is 5.26 Å². The van der Waals surface area contributed by atoms with Crippen LogP contribution in [0.5, 0.6) is 5.75 Å². The molecule has 0 radical (unpaired) electrons. The van der Waals surface area contributed by atoms with E-state index >= 15 is 0 Å². The number of benzene rings is 1. The van der Waals surface area contributed by atoms with E-state index in [9.17, 15) is 4.79 Å². The number of hydrogen-bond acceptors (Lipinski definition) is 3. The van der Waals surface area contributed by atoms with Crippen LogP contribution in [-0.4, -0.2) is 12.9 Å². The molecule has 0 N–H and O–H groups in total. The molecule has 1 aromatic carbocycles. The SMILES string of the molecule is Cc1cc(OCCCCC#N)c(C=O)cc1Br. The van der Waals surface area contributed by atoms with Gasteiger partial charge in [0.05, 0.1) is 18.2 Å². The summed E-state index contributed by atoms with van der Waals surface area (Å²) in [5.74, 6) is 0.609. The molecule has 0 atom stereocenters. The second-order valence-electron chi connectivity index (χ2n) is 3.72. The van der Waals surface area contributed by atoms with Crippen LogP contribution in [0.1, 0.15) is 35.2 Å². The Bertz CT molecular complexity index is 438. The molecule has 17 heavy (non-hydrogen) atoms. The van der Waals surface area contributed by atoms with Crippen LogP contribution in [0.3, 0.4) is 0 Å². The van der Waals surface area contributed by atoms with Crippen molar-refractivity contribution in [1.82, 2.24) is 0 Å². The number of rotatable bonds is 6. The lowest BCUT2D eigenvalue weighted by Gasteiger charge is -2.10. The van der Waals surface area contributed by atoms with Gasteiger partial charge in [-0.15, -0.1) is 0 Å². The number of nitriles is 1. The summed E-state index contributed by atoms with van der Waals surface area (Å²) in [7, 11) is 0. The lowest BCUT2D eigenvalue weighted by atomic mass is 10.1. The van der Waals surface area contributed by atoms with Gasteiger partial charge in [-0.3, -0.25) is 4.79 Å². The molecule has 3 nitrogen and oxygen atoms in total. The first-order valence-corrected chi connectivity index (χ1v) is 6.23. The van der Waals surface area contributed by atoms with Crippen LogP contribution in [0.15, 0.2) is 16.6 Å². The van der Waals surface area contributed by atoms with Crippen LogP contribution in [0, 0.1) is 18.3 Å². The number of carbonyl (C=O) groups excluding carboxylic acids is 1. The van der Waals surface area contributed by atoms with Crippen molar-refractivity contribution in [3.8, 4) is 11.8 Å². The van der Waals surface area contributed by atoms with Gasteiger partial charge in [0.1, 0.15) is 5.75 Å². The first kappa shape index (κ1) is 13.7.